The Kier molecular flexibility index (Phi) is 2.71. The Morgan fingerprint density at radius 1 is 1.00 bits per heavy atom. The zero-order chi connectivity index (χ0) is 14.3. The molecule has 1 aliphatic carbocycles. The number of phenols is 3. The Morgan fingerprint density at radius 3 is 2.50 bits per heavy atom. The second-order valence-electron chi connectivity index (χ2n) is 4.72. The van der Waals surface area contributed by atoms with E-state index in [0.29, 0.717) is 28.7 Å². The molecular weight excluding hydrogens is 256 g/mol. The summed E-state index contributed by atoms with van der Waals surface area (Å²) in [5, 5.41) is 28.8. The van der Waals surface area contributed by atoms with Crippen LogP contribution in [0.2, 0.25) is 0 Å². The van der Waals surface area contributed by atoms with E-state index in [1.165, 1.54) is 18.2 Å². The Balaban J connectivity index is 2.04. The standard InChI is InChI=1S/C16H12O4/c17-11-5-4-9(15(19)8-11)6-10-7-13-12(16(10)20)2-1-3-14(13)18/h1-6,8,17-19H,7H2/b10-6+. The average Bonchev–Trinajstić information content (AvgIpc) is 2.72. The molecule has 0 atom stereocenters. The summed E-state index contributed by atoms with van der Waals surface area (Å²) in [4.78, 5) is 12.2. The van der Waals surface area contributed by atoms with Crippen LogP contribution < -0.4 is 0 Å². The van der Waals surface area contributed by atoms with E-state index >= 15 is 0 Å². The Labute approximate surface area is 115 Å². The maximum atomic E-state index is 12.2. The molecule has 20 heavy (non-hydrogen) atoms. The molecule has 0 bridgehead atoms. The van der Waals surface area contributed by atoms with E-state index in [-0.39, 0.29) is 23.0 Å². The Morgan fingerprint density at radius 2 is 1.80 bits per heavy atom. The summed E-state index contributed by atoms with van der Waals surface area (Å²) in [5.41, 5.74) is 2.07. The highest BCUT2D eigenvalue weighted by Gasteiger charge is 2.27. The number of fused-ring (bicyclic) bond motifs is 1. The summed E-state index contributed by atoms with van der Waals surface area (Å²) in [5.74, 6) is -0.175. The fourth-order valence-electron chi connectivity index (χ4n) is 2.38. The lowest BCUT2D eigenvalue weighted by Crippen LogP contribution is -1.95. The lowest BCUT2D eigenvalue weighted by molar-refractivity contribution is 0.104. The van der Waals surface area contributed by atoms with Crippen LogP contribution in [0.15, 0.2) is 42.0 Å². The molecule has 0 unspecified atom stereocenters. The van der Waals surface area contributed by atoms with Crippen LogP contribution in [-0.2, 0) is 6.42 Å². The van der Waals surface area contributed by atoms with Gasteiger partial charge in [-0.3, -0.25) is 4.79 Å². The summed E-state index contributed by atoms with van der Waals surface area (Å²) < 4.78 is 0. The first-order valence-corrected chi connectivity index (χ1v) is 6.14. The van der Waals surface area contributed by atoms with Crippen molar-refractivity contribution < 1.29 is 20.1 Å². The smallest absolute Gasteiger partial charge is 0.189 e. The molecule has 3 N–H and O–H groups in total. The summed E-state index contributed by atoms with van der Waals surface area (Å²) in [6.07, 6.45) is 1.91. The minimum absolute atomic E-state index is 0.0386. The van der Waals surface area contributed by atoms with Gasteiger partial charge in [0.2, 0.25) is 0 Å². The molecule has 0 amide bonds. The zero-order valence-electron chi connectivity index (χ0n) is 10.5. The first-order chi connectivity index (χ1) is 9.56. The number of rotatable bonds is 1. The Bertz CT molecular complexity index is 744. The van der Waals surface area contributed by atoms with Gasteiger partial charge in [-0.15, -0.1) is 0 Å². The highest BCUT2D eigenvalue weighted by atomic mass is 16.3. The van der Waals surface area contributed by atoms with Crippen molar-refractivity contribution in [2.24, 2.45) is 0 Å². The molecule has 0 aromatic heterocycles. The van der Waals surface area contributed by atoms with Crippen LogP contribution >= 0.6 is 0 Å². The molecule has 2 aromatic rings. The van der Waals surface area contributed by atoms with Crippen molar-refractivity contribution in [2.45, 2.75) is 6.42 Å². The summed E-state index contributed by atoms with van der Waals surface area (Å²) in [6.45, 7) is 0. The van der Waals surface area contributed by atoms with Crippen molar-refractivity contribution in [3.8, 4) is 17.2 Å². The van der Waals surface area contributed by atoms with Crippen molar-refractivity contribution in [3.63, 3.8) is 0 Å². The first-order valence-electron chi connectivity index (χ1n) is 6.14. The monoisotopic (exact) mass is 268 g/mol. The fourth-order valence-corrected chi connectivity index (χ4v) is 2.38. The number of hydrogen-bond donors (Lipinski definition) is 3. The van der Waals surface area contributed by atoms with Crippen LogP contribution in [0.4, 0.5) is 0 Å². The number of phenolic OH excluding ortho intramolecular Hbond substituents is 3. The molecule has 2 aromatic carbocycles. The third-order valence-electron chi connectivity index (χ3n) is 3.40. The van der Waals surface area contributed by atoms with E-state index < -0.39 is 0 Å². The van der Waals surface area contributed by atoms with Gasteiger partial charge in [0, 0.05) is 34.8 Å². The summed E-state index contributed by atoms with van der Waals surface area (Å²) in [6, 6.07) is 9.05. The SMILES string of the molecule is O=C1/C(=C/c2ccc(O)cc2O)Cc2c(O)cccc21. The molecule has 0 saturated heterocycles. The van der Waals surface area contributed by atoms with Crippen molar-refractivity contribution in [2.75, 3.05) is 0 Å². The third-order valence-corrected chi connectivity index (χ3v) is 3.40. The van der Waals surface area contributed by atoms with Gasteiger partial charge in [0.15, 0.2) is 5.78 Å². The highest BCUT2D eigenvalue weighted by molar-refractivity contribution is 6.16. The molecule has 0 saturated carbocycles. The van der Waals surface area contributed by atoms with Crippen LogP contribution in [-0.4, -0.2) is 21.1 Å². The van der Waals surface area contributed by atoms with Gasteiger partial charge < -0.3 is 15.3 Å². The van der Waals surface area contributed by atoms with Crippen LogP contribution in [0.1, 0.15) is 21.5 Å². The molecule has 0 fully saturated rings. The lowest BCUT2D eigenvalue weighted by atomic mass is 10.1. The van der Waals surface area contributed by atoms with Crippen molar-refractivity contribution >= 4 is 11.9 Å². The zero-order valence-corrected chi connectivity index (χ0v) is 10.5. The second kappa shape index (κ2) is 4.42. The number of ketones is 1. The van der Waals surface area contributed by atoms with Gasteiger partial charge in [-0.1, -0.05) is 12.1 Å². The average molecular weight is 268 g/mol. The highest BCUT2D eigenvalue weighted by Crippen LogP contribution is 2.34. The summed E-state index contributed by atoms with van der Waals surface area (Å²) >= 11 is 0. The molecule has 0 heterocycles. The van der Waals surface area contributed by atoms with Crippen molar-refractivity contribution in [1.82, 2.24) is 0 Å². The fraction of sp³-hybridized carbons (Fsp3) is 0.0625. The quantitative estimate of drug-likeness (QED) is 0.695. The number of benzene rings is 2. The van der Waals surface area contributed by atoms with E-state index in [4.69, 9.17) is 0 Å². The van der Waals surface area contributed by atoms with Gasteiger partial charge in [0.1, 0.15) is 17.2 Å². The topological polar surface area (TPSA) is 77.8 Å². The third kappa shape index (κ3) is 1.91. The Hall–Kier alpha value is -2.75. The predicted molar refractivity (Wildman–Crippen MR) is 73.9 cm³/mol. The minimum Gasteiger partial charge on any atom is -0.508 e. The van der Waals surface area contributed by atoms with E-state index in [2.05, 4.69) is 0 Å². The minimum atomic E-state index is -0.150. The normalized spacial score (nSPS) is 15.6. The van der Waals surface area contributed by atoms with E-state index in [1.807, 2.05) is 0 Å². The number of aromatic hydroxyl groups is 3. The lowest BCUT2D eigenvalue weighted by Gasteiger charge is -2.01. The molecule has 100 valence electrons. The van der Waals surface area contributed by atoms with Gasteiger partial charge in [-0.2, -0.15) is 0 Å². The second-order valence-corrected chi connectivity index (χ2v) is 4.72. The van der Waals surface area contributed by atoms with E-state index in [9.17, 15) is 20.1 Å². The number of hydrogen-bond acceptors (Lipinski definition) is 4. The molecule has 4 nitrogen and oxygen atoms in total. The summed E-state index contributed by atoms with van der Waals surface area (Å²) in [7, 11) is 0. The predicted octanol–water partition coefficient (Wildman–Crippen LogP) is 2.63. The van der Waals surface area contributed by atoms with Gasteiger partial charge in [0.05, 0.1) is 0 Å². The molecule has 1 aliphatic rings. The van der Waals surface area contributed by atoms with Crippen LogP contribution in [0.5, 0.6) is 17.2 Å². The van der Waals surface area contributed by atoms with E-state index in [0.717, 1.165) is 0 Å². The first kappa shape index (κ1) is 12.3. The number of Topliss-reactive ketones (excluding diaryl/α,β-unsaturated/α-hetero) is 1. The number of carbonyl (C=O) groups excluding carboxylic acids is 1. The number of carbonyl (C=O) groups is 1. The van der Waals surface area contributed by atoms with Crippen molar-refractivity contribution in [1.29, 1.82) is 0 Å². The molecule has 3 rings (SSSR count). The van der Waals surface area contributed by atoms with Gasteiger partial charge in [0.25, 0.3) is 0 Å². The van der Waals surface area contributed by atoms with Crippen molar-refractivity contribution in [3.05, 3.63) is 58.7 Å². The van der Waals surface area contributed by atoms with Gasteiger partial charge >= 0.3 is 0 Å². The molecule has 4 heteroatoms. The van der Waals surface area contributed by atoms with E-state index in [1.54, 1.807) is 24.3 Å². The van der Waals surface area contributed by atoms with Gasteiger partial charge in [-0.05, 0) is 24.3 Å². The maximum Gasteiger partial charge on any atom is 0.189 e. The molecule has 0 spiro atoms. The molecular formula is C16H12O4. The maximum absolute atomic E-state index is 12.2. The van der Waals surface area contributed by atoms with Crippen LogP contribution in [0.25, 0.3) is 6.08 Å². The molecule has 0 aliphatic heterocycles. The number of allylic oxidation sites excluding steroid dienone is 1. The van der Waals surface area contributed by atoms with Gasteiger partial charge in [-0.25, -0.2) is 0 Å². The van der Waals surface area contributed by atoms with Crippen LogP contribution in [0, 0.1) is 0 Å². The van der Waals surface area contributed by atoms with Crippen LogP contribution in [0.3, 0.4) is 0 Å². The molecule has 0 radical (unpaired) electrons. The largest absolute Gasteiger partial charge is 0.508 e.